The molecule has 0 fully saturated rings. The fourth-order valence-electron chi connectivity index (χ4n) is 1.34. The molecule has 0 bridgehead atoms. The number of hydrogen-bond acceptors (Lipinski definition) is 2. The average molecular weight is 316 g/mol. The highest BCUT2D eigenvalue weighted by molar-refractivity contribution is 9.10. The Bertz CT molecular complexity index is 548. The van der Waals surface area contributed by atoms with Gasteiger partial charge in [-0.2, -0.15) is 0 Å². The van der Waals surface area contributed by atoms with E-state index in [0.29, 0.717) is 10.6 Å². The van der Waals surface area contributed by atoms with Gasteiger partial charge in [-0.1, -0.05) is 11.6 Å². The van der Waals surface area contributed by atoms with Gasteiger partial charge in [-0.05, 0) is 53.2 Å². The SMILES string of the molecule is Cc1ccc(C(=O)c2ccc(Br)c(Cl)c2)s1. The first-order valence-electron chi connectivity index (χ1n) is 4.64. The number of aryl methyl sites for hydroxylation is 1. The van der Waals surface area contributed by atoms with Crippen LogP contribution in [0.15, 0.2) is 34.8 Å². The zero-order chi connectivity index (χ0) is 11.7. The quantitative estimate of drug-likeness (QED) is 0.734. The Kier molecular flexibility index (Phi) is 3.47. The van der Waals surface area contributed by atoms with Crippen LogP contribution in [-0.4, -0.2) is 5.78 Å². The van der Waals surface area contributed by atoms with Crippen LogP contribution in [0.4, 0.5) is 0 Å². The molecule has 2 aromatic rings. The highest BCUT2D eigenvalue weighted by atomic mass is 79.9. The van der Waals surface area contributed by atoms with Crippen LogP contribution in [0.5, 0.6) is 0 Å². The van der Waals surface area contributed by atoms with E-state index in [-0.39, 0.29) is 5.78 Å². The van der Waals surface area contributed by atoms with Gasteiger partial charge >= 0.3 is 0 Å². The van der Waals surface area contributed by atoms with Gasteiger partial charge < -0.3 is 0 Å². The molecular formula is C12H8BrClOS. The Morgan fingerprint density at radius 2 is 2.06 bits per heavy atom. The van der Waals surface area contributed by atoms with Crippen molar-refractivity contribution in [1.82, 2.24) is 0 Å². The molecule has 0 saturated carbocycles. The molecule has 0 aliphatic rings. The number of ketones is 1. The minimum atomic E-state index is 0.0208. The Balaban J connectivity index is 2.38. The van der Waals surface area contributed by atoms with E-state index in [2.05, 4.69) is 15.9 Å². The summed E-state index contributed by atoms with van der Waals surface area (Å²) in [4.78, 5) is 13.9. The van der Waals surface area contributed by atoms with E-state index in [1.165, 1.54) is 11.3 Å². The number of carbonyl (C=O) groups is 1. The maximum absolute atomic E-state index is 12.1. The highest BCUT2D eigenvalue weighted by Crippen LogP contribution is 2.26. The average Bonchev–Trinajstić information content (AvgIpc) is 2.68. The molecule has 4 heteroatoms. The van der Waals surface area contributed by atoms with Crippen LogP contribution >= 0.6 is 38.9 Å². The number of halogens is 2. The van der Waals surface area contributed by atoms with Crippen molar-refractivity contribution < 1.29 is 4.79 Å². The van der Waals surface area contributed by atoms with Crippen molar-refractivity contribution >= 4 is 44.7 Å². The van der Waals surface area contributed by atoms with Crippen molar-refractivity contribution in [2.24, 2.45) is 0 Å². The maximum atomic E-state index is 12.1. The number of hydrogen-bond donors (Lipinski definition) is 0. The smallest absolute Gasteiger partial charge is 0.203 e. The second-order valence-electron chi connectivity index (χ2n) is 3.37. The number of rotatable bonds is 2. The van der Waals surface area contributed by atoms with E-state index in [4.69, 9.17) is 11.6 Å². The molecule has 1 nitrogen and oxygen atoms in total. The lowest BCUT2D eigenvalue weighted by Crippen LogP contribution is -1.98. The molecular weight excluding hydrogens is 308 g/mol. The van der Waals surface area contributed by atoms with Crippen molar-refractivity contribution in [3.05, 3.63) is 55.1 Å². The van der Waals surface area contributed by atoms with Gasteiger partial charge in [0.1, 0.15) is 0 Å². The summed E-state index contributed by atoms with van der Waals surface area (Å²) >= 11 is 10.7. The van der Waals surface area contributed by atoms with Gasteiger partial charge in [0, 0.05) is 14.9 Å². The number of benzene rings is 1. The van der Waals surface area contributed by atoms with Gasteiger partial charge in [-0.25, -0.2) is 0 Å². The van der Waals surface area contributed by atoms with E-state index < -0.39 is 0 Å². The minimum absolute atomic E-state index is 0.0208. The highest BCUT2D eigenvalue weighted by Gasteiger charge is 2.12. The lowest BCUT2D eigenvalue weighted by atomic mass is 10.1. The monoisotopic (exact) mass is 314 g/mol. The van der Waals surface area contributed by atoms with Crippen LogP contribution in [0, 0.1) is 6.92 Å². The first-order chi connectivity index (χ1) is 7.58. The third-order valence-corrected chi connectivity index (χ3v) is 4.38. The summed E-state index contributed by atoms with van der Waals surface area (Å²) in [6.45, 7) is 1.98. The number of thiophene rings is 1. The Hall–Kier alpha value is -0.640. The summed E-state index contributed by atoms with van der Waals surface area (Å²) in [5.74, 6) is 0.0208. The molecule has 0 aliphatic carbocycles. The zero-order valence-electron chi connectivity index (χ0n) is 8.46. The molecule has 1 aromatic carbocycles. The summed E-state index contributed by atoms with van der Waals surface area (Å²) < 4.78 is 0.799. The van der Waals surface area contributed by atoms with Crippen LogP contribution < -0.4 is 0 Å². The van der Waals surface area contributed by atoms with E-state index in [0.717, 1.165) is 14.2 Å². The fourth-order valence-corrected chi connectivity index (χ4v) is 2.59. The van der Waals surface area contributed by atoms with Gasteiger partial charge in [-0.3, -0.25) is 4.79 Å². The lowest BCUT2D eigenvalue weighted by molar-refractivity contribution is 0.104. The topological polar surface area (TPSA) is 17.1 Å². The molecule has 0 amide bonds. The second-order valence-corrected chi connectivity index (χ2v) is 5.92. The van der Waals surface area contributed by atoms with Crippen LogP contribution in [-0.2, 0) is 0 Å². The summed E-state index contributed by atoms with van der Waals surface area (Å²) in [5, 5.41) is 0.555. The third kappa shape index (κ3) is 2.37. The van der Waals surface area contributed by atoms with Gasteiger partial charge in [0.15, 0.2) is 0 Å². The van der Waals surface area contributed by atoms with Gasteiger partial charge in [0.25, 0.3) is 0 Å². The van der Waals surface area contributed by atoms with E-state index >= 15 is 0 Å². The van der Waals surface area contributed by atoms with Crippen molar-refractivity contribution in [2.45, 2.75) is 6.92 Å². The standard InChI is InChI=1S/C12H8BrClOS/c1-7-2-5-11(16-7)12(15)8-3-4-9(13)10(14)6-8/h2-6H,1H3. The normalized spacial score (nSPS) is 10.4. The summed E-state index contributed by atoms with van der Waals surface area (Å²) in [5.41, 5.74) is 0.620. The molecule has 1 aromatic heterocycles. The predicted octanol–water partition coefficient (Wildman–Crippen LogP) is 4.70. The molecule has 1 heterocycles. The van der Waals surface area contributed by atoms with Gasteiger partial charge in [-0.15, -0.1) is 11.3 Å². The van der Waals surface area contributed by atoms with Gasteiger partial charge in [0.05, 0.1) is 9.90 Å². The third-order valence-electron chi connectivity index (χ3n) is 2.15. The fraction of sp³-hybridized carbons (Fsp3) is 0.0833. The van der Waals surface area contributed by atoms with Crippen LogP contribution in [0.3, 0.4) is 0 Å². The largest absolute Gasteiger partial charge is 0.288 e. The maximum Gasteiger partial charge on any atom is 0.203 e. The Morgan fingerprint density at radius 3 is 2.62 bits per heavy atom. The molecule has 0 atom stereocenters. The van der Waals surface area contributed by atoms with Crippen molar-refractivity contribution in [2.75, 3.05) is 0 Å². The van der Waals surface area contributed by atoms with E-state index in [1.807, 2.05) is 19.1 Å². The zero-order valence-corrected chi connectivity index (χ0v) is 11.6. The van der Waals surface area contributed by atoms with Crippen LogP contribution in [0.25, 0.3) is 0 Å². The second kappa shape index (κ2) is 4.70. The molecule has 0 saturated heterocycles. The molecule has 82 valence electrons. The first-order valence-corrected chi connectivity index (χ1v) is 6.63. The lowest BCUT2D eigenvalue weighted by Gasteiger charge is -2.00. The summed E-state index contributed by atoms with van der Waals surface area (Å²) in [6, 6.07) is 9.03. The Labute approximate surface area is 111 Å². The van der Waals surface area contributed by atoms with E-state index in [1.54, 1.807) is 18.2 Å². The molecule has 0 aliphatic heterocycles. The van der Waals surface area contributed by atoms with Crippen LogP contribution in [0.1, 0.15) is 20.1 Å². The predicted molar refractivity (Wildman–Crippen MR) is 71.6 cm³/mol. The molecule has 0 unspecified atom stereocenters. The molecule has 0 N–H and O–H groups in total. The number of carbonyl (C=O) groups excluding carboxylic acids is 1. The molecule has 16 heavy (non-hydrogen) atoms. The molecule has 0 radical (unpaired) electrons. The van der Waals surface area contributed by atoms with E-state index in [9.17, 15) is 4.79 Å². The minimum Gasteiger partial charge on any atom is -0.288 e. The Morgan fingerprint density at radius 1 is 1.31 bits per heavy atom. The summed E-state index contributed by atoms with van der Waals surface area (Å²) in [6.07, 6.45) is 0. The van der Waals surface area contributed by atoms with Crippen molar-refractivity contribution in [3.8, 4) is 0 Å². The van der Waals surface area contributed by atoms with Crippen LogP contribution in [0.2, 0.25) is 5.02 Å². The first kappa shape index (κ1) is 11.8. The van der Waals surface area contributed by atoms with Crippen molar-refractivity contribution in [3.63, 3.8) is 0 Å². The summed E-state index contributed by atoms with van der Waals surface area (Å²) in [7, 11) is 0. The van der Waals surface area contributed by atoms with Crippen molar-refractivity contribution in [1.29, 1.82) is 0 Å². The van der Waals surface area contributed by atoms with Gasteiger partial charge in [0.2, 0.25) is 5.78 Å². The molecule has 0 spiro atoms. The molecule has 2 rings (SSSR count).